The summed E-state index contributed by atoms with van der Waals surface area (Å²) in [4.78, 5) is 23.9. The van der Waals surface area contributed by atoms with E-state index in [1.54, 1.807) is 0 Å². The Kier molecular flexibility index (Phi) is 3.16. The first-order valence-electron chi connectivity index (χ1n) is 5.42. The Labute approximate surface area is 101 Å². The largest absolute Gasteiger partial charge is 0.477 e. The maximum atomic E-state index is 12.6. The molecule has 2 rings (SSSR count). The highest BCUT2D eigenvalue weighted by Crippen LogP contribution is 2.25. The first-order chi connectivity index (χ1) is 8.39. The molecule has 0 amide bonds. The Hall–Kier alpha value is -1.76. The Bertz CT molecular complexity index is 519. The molecule has 1 aliphatic rings. The summed E-state index contributed by atoms with van der Waals surface area (Å²) in [6, 6.07) is 2.68. The van der Waals surface area contributed by atoms with E-state index in [9.17, 15) is 18.4 Å². The van der Waals surface area contributed by atoms with Gasteiger partial charge >= 0.3 is 5.97 Å². The Balaban J connectivity index is 2.00. The number of halogens is 2. The van der Waals surface area contributed by atoms with Crippen LogP contribution in [0.2, 0.25) is 0 Å². The number of pyridine rings is 1. The summed E-state index contributed by atoms with van der Waals surface area (Å²) >= 11 is 0. The van der Waals surface area contributed by atoms with Crippen LogP contribution in [-0.4, -0.2) is 46.1 Å². The number of carbonyl (C=O) groups is 1. The fourth-order valence-corrected chi connectivity index (χ4v) is 1.89. The van der Waals surface area contributed by atoms with Gasteiger partial charge in [-0.25, -0.2) is 13.6 Å². The molecule has 1 N–H and O–H groups in total. The minimum atomic E-state index is -2.63. The molecule has 98 valence electrons. The molecule has 0 aliphatic carbocycles. The smallest absolute Gasteiger partial charge is 0.341 e. The van der Waals surface area contributed by atoms with Crippen LogP contribution in [0, 0.1) is 0 Å². The van der Waals surface area contributed by atoms with Crippen LogP contribution in [0.3, 0.4) is 0 Å². The molecule has 2 heterocycles. The molecule has 0 atom stereocenters. The standard InChI is InChI=1S/C11H12F2N2O3/c12-11(13)6-14(7-11)4-5-15-3-1-2-8(9(15)16)10(17)18/h1-3H,4-7H2,(H,17,18). The van der Waals surface area contributed by atoms with Crippen molar-refractivity contribution in [1.82, 2.24) is 9.47 Å². The number of aromatic nitrogens is 1. The van der Waals surface area contributed by atoms with Crippen LogP contribution >= 0.6 is 0 Å². The van der Waals surface area contributed by atoms with E-state index < -0.39 is 17.5 Å². The number of carboxylic acids is 1. The number of alkyl halides is 2. The first kappa shape index (κ1) is 12.7. The first-order valence-corrected chi connectivity index (χ1v) is 5.42. The summed E-state index contributed by atoms with van der Waals surface area (Å²) < 4.78 is 26.4. The second-order valence-electron chi connectivity index (χ2n) is 4.29. The van der Waals surface area contributed by atoms with E-state index in [1.165, 1.54) is 27.8 Å². The minimum absolute atomic E-state index is 0.204. The molecular formula is C11H12F2N2O3. The van der Waals surface area contributed by atoms with E-state index in [1.807, 2.05) is 0 Å². The van der Waals surface area contributed by atoms with E-state index in [4.69, 9.17) is 5.11 Å². The van der Waals surface area contributed by atoms with Crippen molar-refractivity contribution in [1.29, 1.82) is 0 Å². The zero-order valence-corrected chi connectivity index (χ0v) is 9.47. The van der Waals surface area contributed by atoms with E-state index in [0.717, 1.165) is 0 Å². The summed E-state index contributed by atoms with van der Waals surface area (Å²) in [6.07, 6.45) is 1.45. The molecule has 5 nitrogen and oxygen atoms in total. The number of carboxylic acid groups (broad SMARTS) is 1. The van der Waals surface area contributed by atoms with Crippen molar-refractivity contribution in [3.63, 3.8) is 0 Å². The lowest BCUT2D eigenvalue weighted by atomic mass is 10.1. The summed E-state index contributed by atoms with van der Waals surface area (Å²) in [5, 5.41) is 8.77. The highest BCUT2D eigenvalue weighted by Gasteiger charge is 2.43. The van der Waals surface area contributed by atoms with E-state index in [-0.39, 0.29) is 25.2 Å². The number of rotatable bonds is 4. The molecule has 1 saturated heterocycles. The van der Waals surface area contributed by atoms with Gasteiger partial charge in [0.15, 0.2) is 0 Å². The molecule has 0 saturated carbocycles. The van der Waals surface area contributed by atoms with Crippen LogP contribution in [0.25, 0.3) is 0 Å². The molecule has 1 fully saturated rings. The van der Waals surface area contributed by atoms with Gasteiger partial charge in [-0.1, -0.05) is 0 Å². The van der Waals surface area contributed by atoms with Crippen molar-refractivity contribution in [2.45, 2.75) is 12.5 Å². The lowest BCUT2D eigenvalue weighted by Gasteiger charge is -2.38. The minimum Gasteiger partial charge on any atom is -0.477 e. The van der Waals surface area contributed by atoms with Gasteiger partial charge in [0.2, 0.25) is 0 Å². The maximum Gasteiger partial charge on any atom is 0.341 e. The predicted molar refractivity (Wildman–Crippen MR) is 59.0 cm³/mol. The van der Waals surface area contributed by atoms with E-state index in [2.05, 4.69) is 0 Å². The quantitative estimate of drug-likeness (QED) is 0.854. The molecule has 1 aromatic heterocycles. The Morgan fingerprint density at radius 2 is 2.06 bits per heavy atom. The molecule has 0 aromatic carbocycles. The van der Waals surface area contributed by atoms with Crippen molar-refractivity contribution in [3.8, 4) is 0 Å². The van der Waals surface area contributed by atoms with Gasteiger partial charge in [-0.2, -0.15) is 0 Å². The summed E-state index contributed by atoms with van der Waals surface area (Å²) in [6.45, 7) is -0.102. The molecule has 18 heavy (non-hydrogen) atoms. The van der Waals surface area contributed by atoms with Gasteiger partial charge in [0.05, 0.1) is 13.1 Å². The molecule has 1 aromatic rings. The van der Waals surface area contributed by atoms with Crippen molar-refractivity contribution in [3.05, 3.63) is 34.2 Å². The number of aromatic carboxylic acids is 1. The number of hydrogen-bond donors (Lipinski definition) is 1. The number of hydrogen-bond acceptors (Lipinski definition) is 3. The Morgan fingerprint density at radius 3 is 2.61 bits per heavy atom. The van der Waals surface area contributed by atoms with Crippen molar-refractivity contribution >= 4 is 5.97 Å². The summed E-state index contributed by atoms with van der Waals surface area (Å²) in [5.41, 5.74) is -0.927. The second-order valence-corrected chi connectivity index (χ2v) is 4.29. The van der Waals surface area contributed by atoms with Gasteiger partial charge in [0.25, 0.3) is 11.5 Å². The average molecular weight is 258 g/mol. The fourth-order valence-electron chi connectivity index (χ4n) is 1.89. The third-order valence-electron chi connectivity index (χ3n) is 2.82. The average Bonchev–Trinajstić information content (AvgIpc) is 2.24. The number of likely N-dealkylation sites (tertiary alicyclic amines) is 1. The fraction of sp³-hybridized carbons (Fsp3) is 0.455. The van der Waals surface area contributed by atoms with Crippen LogP contribution in [0.5, 0.6) is 0 Å². The van der Waals surface area contributed by atoms with Crippen LogP contribution < -0.4 is 5.56 Å². The van der Waals surface area contributed by atoms with Crippen molar-refractivity contribution in [2.24, 2.45) is 0 Å². The van der Waals surface area contributed by atoms with E-state index in [0.29, 0.717) is 6.54 Å². The molecule has 7 heteroatoms. The summed E-state index contributed by atoms with van der Waals surface area (Å²) in [7, 11) is 0. The van der Waals surface area contributed by atoms with Gasteiger partial charge < -0.3 is 9.67 Å². The monoisotopic (exact) mass is 258 g/mol. The summed E-state index contributed by atoms with van der Waals surface area (Å²) in [5.74, 6) is -3.92. The molecule has 1 aliphatic heterocycles. The van der Waals surface area contributed by atoms with Crippen LogP contribution in [0.1, 0.15) is 10.4 Å². The van der Waals surface area contributed by atoms with Crippen LogP contribution in [-0.2, 0) is 6.54 Å². The van der Waals surface area contributed by atoms with Crippen molar-refractivity contribution in [2.75, 3.05) is 19.6 Å². The van der Waals surface area contributed by atoms with Gasteiger partial charge in [0.1, 0.15) is 5.56 Å². The Morgan fingerprint density at radius 1 is 1.39 bits per heavy atom. The highest BCUT2D eigenvalue weighted by atomic mass is 19.3. The molecular weight excluding hydrogens is 246 g/mol. The third kappa shape index (κ3) is 2.56. The maximum absolute atomic E-state index is 12.6. The third-order valence-corrected chi connectivity index (χ3v) is 2.82. The van der Waals surface area contributed by atoms with Crippen LogP contribution in [0.4, 0.5) is 8.78 Å². The second kappa shape index (κ2) is 4.49. The normalized spacial score (nSPS) is 18.3. The van der Waals surface area contributed by atoms with Crippen molar-refractivity contribution < 1.29 is 18.7 Å². The van der Waals surface area contributed by atoms with Gasteiger partial charge in [0, 0.05) is 19.3 Å². The zero-order chi connectivity index (χ0) is 13.3. The topological polar surface area (TPSA) is 62.5 Å². The molecule has 0 bridgehead atoms. The molecule has 0 radical (unpaired) electrons. The predicted octanol–water partition coefficient (Wildman–Crippen LogP) is 0.497. The van der Waals surface area contributed by atoms with Gasteiger partial charge in [-0.3, -0.25) is 9.69 Å². The molecule has 0 unspecified atom stereocenters. The zero-order valence-electron chi connectivity index (χ0n) is 9.47. The number of nitrogens with zero attached hydrogens (tertiary/aromatic N) is 2. The SMILES string of the molecule is O=C(O)c1cccn(CCN2CC(F)(F)C2)c1=O. The van der Waals surface area contributed by atoms with Crippen LogP contribution in [0.15, 0.2) is 23.1 Å². The van der Waals surface area contributed by atoms with Gasteiger partial charge in [-0.05, 0) is 12.1 Å². The highest BCUT2D eigenvalue weighted by molar-refractivity contribution is 5.86. The molecule has 0 spiro atoms. The van der Waals surface area contributed by atoms with E-state index >= 15 is 0 Å². The van der Waals surface area contributed by atoms with Gasteiger partial charge in [-0.15, -0.1) is 0 Å². The lowest BCUT2D eigenvalue weighted by molar-refractivity contribution is -0.131. The lowest BCUT2D eigenvalue weighted by Crippen LogP contribution is -2.56.